The Bertz CT molecular complexity index is 1290. The highest BCUT2D eigenvalue weighted by Crippen LogP contribution is 2.31. The average molecular weight is 473 g/mol. The molecule has 3 aromatic rings. The van der Waals surface area contributed by atoms with Crippen molar-refractivity contribution in [2.24, 2.45) is 0 Å². The molecule has 0 spiro atoms. The molecule has 2 N–H and O–H groups in total. The van der Waals surface area contributed by atoms with E-state index in [1.807, 2.05) is 0 Å². The molecule has 0 radical (unpaired) electrons. The van der Waals surface area contributed by atoms with Crippen LogP contribution in [-0.2, 0) is 23.8 Å². The topological polar surface area (TPSA) is 79.3 Å². The number of amides is 1. The van der Waals surface area contributed by atoms with Gasteiger partial charge in [-0.25, -0.2) is 4.79 Å². The molecule has 1 aliphatic carbocycles. The molecule has 1 aromatic heterocycles. The lowest BCUT2D eigenvalue weighted by atomic mass is 10.0. The van der Waals surface area contributed by atoms with Gasteiger partial charge in [0.15, 0.2) is 0 Å². The van der Waals surface area contributed by atoms with Crippen LogP contribution in [0.3, 0.4) is 0 Å². The van der Waals surface area contributed by atoms with E-state index in [4.69, 9.17) is 11.6 Å². The maximum atomic E-state index is 12.7. The number of rotatable bonds is 5. The van der Waals surface area contributed by atoms with Crippen molar-refractivity contribution in [1.82, 2.24) is 10.3 Å². The zero-order chi connectivity index (χ0) is 23.8. The van der Waals surface area contributed by atoms with Crippen LogP contribution in [0.25, 0.3) is 16.8 Å². The molecule has 0 unspecified atom stereocenters. The summed E-state index contributed by atoms with van der Waals surface area (Å²) in [6.07, 6.45) is -0.614. The highest BCUT2D eigenvalue weighted by Gasteiger charge is 2.30. The number of carboxylic acid groups (broad SMARTS) is 1. The number of aromatic carboxylic acids is 1. The van der Waals surface area contributed by atoms with Crippen LogP contribution in [0, 0.1) is 0 Å². The second-order valence-electron chi connectivity index (χ2n) is 7.49. The van der Waals surface area contributed by atoms with Crippen LogP contribution in [0.4, 0.5) is 13.2 Å². The molecule has 168 valence electrons. The van der Waals surface area contributed by atoms with E-state index in [1.54, 1.807) is 24.4 Å². The third kappa shape index (κ3) is 5.06. The number of carboxylic acids is 1. The summed E-state index contributed by atoms with van der Waals surface area (Å²) in [7, 11) is 0. The van der Waals surface area contributed by atoms with Gasteiger partial charge in [0.25, 0.3) is 0 Å². The van der Waals surface area contributed by atoms with Crippen molar-refractivity contribution in [3.63, 3.8) is 0 Å². The largest absolute Gasteiger partial charge is 0.478 e. The summed E-state index contributed by atoms with van der Waals surface area (Å²) in [5, 5.41) is 12.3. The third-order valence-corrected chi connectivity index (χ3v) is 5.38. The smallest absolute Gasteiger partial charge is 0.416 e. The molecule has 0 atom stereocenters. The van der Waals surface area contributed by atoms with Crippen LogP contribution < -0.4 is 5.32 Å². The van der Waals surface area contributed by atoms with Crippen molar-refractivity contribution in [3.05, 3.63) is 93.8 Å². The Labute approximate surface area is 191 Å². The minimum atomic E-state index is -4.43. The van der Waals surface area contributed by atoms with E-state index in [0.717, 1.165) is 17.8 Å². The summed E-state index contributed by atoms with van der Waals surface area (Å²) in [6.45, 7) is 0. The lowest BCUT2D eigenvalue weighted by Gasteiger charge is -2.11. The monoisotopic (exact) mass is 472 g/mol. The average Bonchev–Trinajstić information content (AvgIpc) is 3.15. The molecular formula is C24H16ClF3N2O3. The summed E-state index contributed by atoms with van der Waals surface area (Å²) in [5.74, 6) is -1.49. The number of carbonyl (C=O) groups excluding carboxylic acids is 1. The molecule has 2 aromatic carbocycles. The SMILES string of the molecule is O=C(Cc1ccc(C(F)(F)F)cc1)NC1=CCc2ncc(-c3cc(Cl)cc(C(=O)O)c3)cc21. The van der Waals surface area contributed by atoms with E-state index in [1.165, 1.54) is 24.3 Å². The van der Waals surface area contributed by atoms with Gasteiger partial charge in [-0.2, -0.15) is 13.2 Å². The maximum Gasteiger partial charge on any atom is 0.416 e. The van der Waals surface area contributed by atoms with E-state index < -0.39 is 17.7 Å². The van der Waals surface area contributed by atoms with Crippen molar-refractivity contribution >= 4 is 29.2 Å². The predicted octanol–water partition coefficient (Wildman–Crippen LogP) is 5.37. The van der Waals surface area contributed by atoms with Gasteiger partial charge in [0.1, 0.15) is 0 Å². The minimum Gasteiger partial charge on any atom is -0.478 e. The van der Waals surface area contributed by atoms with Crippen LogP contribution in [0.15, 0.2) is 60.8 Å². The second kappa shape index (κ2) is 8.71. The quantitative estimate of drug-likeness (QED) is 0.523. The van der Waals surface area contributed by atoms with Crippen molar-refractivity contribution in [2.75, 3.05) is 0 Å². The number of pyridine rings is 1. The summed E-state index contributed by atoms with van der Waals surface area (Å²) in [4.78, 5) is 28.2. The Kier molecular flexibility index (Phi) is 5.95. The summed E-state index contributed by atoms with van der Waals surface area (Å²) in [5.41, 5.74) is 2.88. The summed E-state index contributed by atoms with van der Waals surface area (Å²) in [6, 6.07) is 10.7. The van der Waals surface area contributed by atoms with Crippen LogP contribution in [0.2, 0.25) is 5.02 Å². The number of allylic oxidation sites excluding steroid dienone is 1. The number of nitrogens with one attached hydrogen (secondary N) is 1. The fourth-order valence-electron chi connectivity index (χ4n) is 3.55. The van der Waals surface area contributed by atoms with E-state index >= 15 is 0 Å². The van der Waals surface area contributed by atoms with Crippen molar-refractivity contribution in [3.8, 4) is 11.1 Å². The Morgan fingerprint density at radius 2 is 1.79 bits per heavy atom. The normalized spacial score (nSPS) is 12.8. The Morgan fingerprint density at radius 1 is 1.06 bits per heavy atom. The molecule has 1 amide bonds. The first-order chi connectivity index (χ1) is 15.6. The molecule has 1 aliphatic rings. The number of hydrogen-bond donors (Lipinski definition) is 2. The molecular weight excluding hydrogens is 457 g/mol. The van der Waals surface area contributed by atoms with Gasteiger partial charge in [0, 0.05) is 34.5 Å². The molecule has 5 nitrogen and oxygen atoms in total. The summed E-state index contributed by atoms with van der Waals surface area (Å²) >= 11 is 6.06. The lowest BCUT2D eigenvalue weighted by Crippen LogP contribution is -2.23. The van der Waals surface area contributed by atoms with Crippen molar-refractivity contribution in [2.45, 2.75) is 19.0 Å². The Balaban J connectivity index is 1.52. The number of hydrogen-bond acceptors (Lipinski definition) is 3. The molecule has 4 rings (SSSR count). The Morgan fingerprint density at radius 3 is 2.45 bits per heavy atom. The van der Waals surface area contributed by atoms with E-state index in [-0.39, 0.29) is 22.9 Å². The number of benzene rings is 2. The van der Waals surface area contributed by atoms with Gasteiger partial charge in [0.2, 0.25) is 5.91 Å². The predicted molar refractivity (Wildman–Crippen MR) is 117 cm³/mol. The lowest BCUT2D eigenvalue weighted by molar-refractivity contribution is -0.137. The van der Waals surface area contributed by atoms with E-state index in [9.17, 15) is 27.9 Å². The molecule has 1 heterocycles. The highest BCUT2D eigenvalue weighted by atomic mass is 35.5. The van der Waals surface area contributed by atoms with Crippen LogP contribution >= 0.6 is 11.6 Å². The first kappa shape index (κ1) is 22.5. The minimum absolute atomic E-state index is 0.0404. The van der Waals surface area contributed by atoms with Gasteiger partial charge in [-0.15, -0.1) is 0 Å². The fourth-order valence-corrected chi connectivity index (χ4v) is 3.78. The number of aromatic nitrogens is 1. The van der Waals surface area contributed by atoms with Gasteiger partial charge in [-0.3, -0.25) is 9.78 Å². The van der Waals surface area contributed by atoms with Crippen molar-refractivity contribution < 1.29 is 27.9 Å². The van der Waals surface area contributed by atoms with Gasteiger partial charge in [-0.05, 0) is 47.5 Å². The third-order valence-electron chi connectivity index (χ3n) is 5.16. The number of halogens is 4. The van der Waals surface area contributed by atoms with E-state index in [2.05, 4.69) is 10.3 Å². The number of carbonyl (C=O) groups is 2. The molecule has 9 heteroatoms. The van der Waals surface area contributed by atoms with Crippen molar-refractivity contribution in [1.29, 1.82) is 0 Å². The number of nitrogens with zero attached hydrogens (tertiary/aromatic N) is 1. The molecule has 0 bridgehead atoms. The fraction of sp³-hybridized carbons (Fsp3) is 0.125. The van der Waals surface area contributed by atoms with Crippen LogP contribution in [0.5, 0.6) is 0 Å². The summed E-state index contributed by atoms with van der Waals surface area (Å²) < 4.78 is 38.1. The molecule has 0 fully saturated rings. The van der Waals surface area contributed by atoms with Crippen LogP contribution in [0.1, 0.15) is 32.7 Å². The van der Waals surface area contributed by atoms with Gasteiger partial charge < -0.3 is 10.4 Å². The standard InChI is InChI=1S/C24H16ClF3N2O3/c25-18-9-14(8-15(10-18)23(32)33)16-11-19-20(29-12-16)5-6-21(19)30-22(31)7-13-1-3-17(4-2-13)24(26,27)28/h1-4,6,8-12H,5,7H2,(H,30,31)(H,32,33). The molecule has 0 saturated carbocycles. The number of alkyl halides is 3. The molecule has 33 heavy (non-hydrogen) atoms. The Hall–Kier alpha value is -3.65. The zero-order valence-corrected chi connectivity index (χ0v) is 17.7. The van der Waals surface area contributed by atoms with Gasteiger partial charge in [-0.1, -0.05) is 29.8 Å². The zero-order valence-electron chi connectivity index (χ0n) is 16.9. The van der Waals surface area contributed by atoms with Gasteiger partial charge >= 0.3 is 12.1 Å². The molecule has 0 saturated heterocycles. The highest BCUT2D eigenvalue weighted by molar-refractivity contribution is 6.31. The second-order valence-corrected chi connectivity index (χ2v) is 7.93. The van der Waals surface area contributed by atoms with E-state index in [0.29, 0.717) is 34.4 Å². The van der Waals surface area contributed by atoms with Gasteiger partial charge in [0.05, 0.1) is 23.2 Å². The van der Waals surface area contributed by atoms with Crippen LogP contribution in [-0.4, -0.2) is 22.0 Å². The molecule has 0 aliphatic heterocycles. The number of fused-ring (bicyclic) bond motifs is 1. The first-order valence-electron chi connectivity index (χ1n) is 9.80. The first-order valence-corrected chi connectivity index (χ1v) is 10.2. The maximum absolute atomic E-state index is 12.7.